The summed E-state index contributed by atoms with van der Waals surface area (Å²) in [4.78, 5) is 15.0. The van der Waals surface area contributed by atoms with Crippen molar-refractivity contribution in [1.82, 2.24) is 14.8 Å². The number of aromatic nitrogens is 3. The molecule has 0 fully saturated rings. The number of thioether (sulfide) groups is 1. The largest absolute Gasteiger partial charge is 0.486 e. The van der Waals surface area contributed by atoms with Gasteiger partial charge in [0.05, 0.1) is 5.75 Å². The van der Waals surface area contributed by atoms with Gasteiger partial charge < -0.3 is 15.0 Å². The van der Waals surface area contributed by atoms with Crippen LogP contribution in [0.1, 0.15) is 25.2 Å². The van der Waals surface area contributed by atoms with E-state index in [1.807, 2.05) is 90.4 Å². The van der Waals surface area contributed by atoms with Crippen molar-refractivity contribution < 1.29 is 9.53 Å². The van der Waals surface area contributed by atoms with Crippen molar-refractivity contribution in [3.63, 3.8) is 0 Å². The van der Waals surface area contributed by atoms with E-state index in [1.54, 1.807) is 0 Å². The van der Waals surface area contributed by atoms with Gasteiger partial charge in [-0.05, 0) is 69.3 Å². The Bertz CT molecular complexity index is 1250. The molecule has 0 spiro atoms. The van der Waals surface area contributed by atoms with Crippen LogP contribution in [0.5, 0.6) is 5.75 Å². The average Bonchev–Trinajstić information content (AvgIpc) is 3.32. The van der Waals surface area contributed by atoms with Crippen LogP contribution in [0, 0.1) is 6.92 Å². The number of benzene rings is 3. The van der Waals surface area contributed by atoms with Gasteiger partial charge in [-0.1, -0.05) is 47.7 Å². The lowest BCUT2D eigenvalue weighted by Crippen LogP contribution is -2.21. The molecule has 0 aliphatic heterocycles. The van der Waals surface area contributed by atoms with Crippen LogP contribution in [0.15, 0.2) is 84.0 Å². The molecular weight excluding hydrogens is 470 g/mol. The molecule has 0 aliphatic rings. The van der Waals surface area contributed by atoms with Crippen LogP contribution < -0.4 is 15.0 Å². The van der Waals surface area contributed by atoms with E-state index in [2.05, 4.69) is 34.3 Å². The Morgan fingerprint density at radius 3 is 2.31 bits per heavy atom. The van der Waals surface area contributed by atoms with Gasteiger partial charge in [0.2, 0.25) is 5.91 Å². The topological polar surface area (TPSA) is 72.3 Å². The second-order valence-corrected chi connectivity index (χ2v) is 9.17. The van der Waals surface area contributed by atoms with Gasteiger partial charge >= 0.3 is 0 Å². The molecule has 0 radical (unpaired) electrons. The fraction of sp³-hybridized carbons (Fsp3) is 0.250. The monoisotopic (exact) mass is 501 g/mol. The van der Waals surface area contributed by atoms with Crippen molar-refractivity contribution >= 4 is 29.0 Å². The summed E-state index contributed by atoms with van der Waals surface area (Å²) in [6, 6.07) is 25.7. The molecule has 7 nitrogen and oxygen atoms in total. The number of ether oxygens (including phenoxy) is 1. The summed E-state index contributed by atoms with van der Waals surface area (Å²) in [5, 5.41) is 12.3. The Morgan fingerprint density at radius 1 is 0.944 bits per heavy atom. The molecule has 1 amide bonds. The Hall–Kier alpha value is -3.78. The van der Waals surface area contributed by atoms with Gasteiger partial charge in [-0.25, -0.2) is 0 Å². The lowest BCUT2D eigenvalue weighted by atomic mass is 10.2. The molecule has 186 valence electrons. The van der Waals surface area contributed by atoms with Crippen molar-refractivity contribution in [2.75, 3.05) is 29.1 Å². The average molecular weight is 502 g/mol. The first-order valence-corrected chi connectivity index (χ1v) is 13.0. The first kappa shape index (κ1) is 25.3. The molecule has 36 heavy (non-hydrogen) atoms. The van der Waals surface area contributed by atoms with Crippen LogP contribution in [0.25, 0.3) is 5.69 Å². The van der Waals surface area contributed by atoms with Crippen molar-refractivity contribution in [1.29, 1.82) is 0 Å². The molecule has 1 heterocycles. The normalized spacial score (nSPS) is 10.8. The Labute approximate surface area is 216 Å². The highest BCUT2D eigenvalue weighted by Crippen LogP contribution is 2.24. The third kappa shape index (κ3) is 6.46. The number of anilines is 2. The number of carbonyl (C=O) groups is 1. The number of aryl methyl sites for hydroxylation is 1. The van der Waals surface area contributed by atoms with Crippen LogP contribution in [-0.2, 0) is 11.4 Å². The maximum Gasteiger partial charge on any atom is 0.234 e. The number of para-hydroxylation sites is 1. The number of hydrogen-bond donors (Lipinski definition) is 1. The van der Waals surface area contributed by atoms with E-state index in [-0.39, 0.29) is 18.3 Å². The van der Waals surface area contributed by atoms with E-state index in [0.29, 0.717) is 11.0 Å². The molecule has 0 bridgehead atoms. The Morgan fingerprint density at radius 2 is 1.64 bits per heavy atom. The highest BCUT2D eigenvalue weighted by Gasteiger charge is 2.17. The maximum atomic E-state index is 12.7. The van der Waals surface area contributed by atoms with Gasteiger partial charge in [0.15, 0.2) is 11.0 Å². The summed E-state index contributed by atoms with van der Waals surface area (Å²) in [7, 11) is 0. The number of carbonyl (C=O) groups excluding carboxylic acids is 1. The van der Waals surface area contributed by atoms with Crippen molar-refractivity contribution in [2.45, 2.75) is 32.5 Å². The minimum absolute atomic E-state index is 0.101. The van der Waals surface area contributed by atoms with E-state index >= 15 is 0 Å². The van der Waals surface area contributed by atoms with E-state index < -0.39 is 0 Å². The predicted molar refractivity (Wildman–Crippen MR) is 146 cm³/mol. The molecule has 0 unspecified atom stereocenters. The molecular formula is C28H31N5O2S. The lowest BCUT2D eigenvalue weighted by Gasteiger charge is -2.21. The molecule has 4 rings (SSSR count). The summed E-state index contributed by atoms with van der Waals surface area (Å²) < 4.78 is 7.87. The molecule has 0 saturated carbocycles. The minimum Gasteiger partial charge on any atom is -0.486 e. The zero-order valence-corrected chi connectivity index (χ0v) is 21.7. The van der Waals surface area contributed by atoms with Gasteiger partial charge in [-0.3, -0.25) is 9.36 Å². The maximum absolute atomic E-state index is 12.7. The number of amides is 1. The highest BCUT2D eigenvalue weighted by atomic mass is 32.2. The number of nitrogens with one attached hydrogen (secondary N) is 1. The van der Waals surface area contributed by atoms with Gasteiger partial charge in [0.25, 0.3) is 0 Å². The minimum atomic E-state index is -0.101. The van der Waals surface area contributed by atoms with E-state index in [4.69, 9.17) is 4.74 Å². The second kappa shape index (κ2) is 12.3. The van der Waals surface area contributed by atoms with E-state index in [1.165, 1.54) is 11.8 Å². The summed E-state index contributed by atoms with van der Waals surface area (Å²) in [5.41, 5.74) is 4.00. The molecule has 0 atom stereocenters. The van der Waals surface area contributed by atoms with Crippen LogP contribution in [-0.4, -0.2) is 39.5 Å². The van der Waals surface area contributed by atoms with Crippen LogP contribution >= 0.6 is 11.8 Å². The Kier molecular flexibility index (Phi) is 8.62. The van der Waals surface area contributed by atoms with Crippen molar-refractivity contribution in [2.24, 2.45) is 0 Å². The first-order valence-electron chi connectivity index (χ1n) is 12.0. The van der Waals surface area contributed by atoms with Gasteiger partial charge in [0.1, 0.15) is 12.4 Å². The summed E-state index contributed by atoms with van der Waals surface area (Å²) in [5.74, 6) is 1.53. The summed E-state index contributed by atoms with van der Waals surface area (Å²) >= 11 is 1.34. The van der Waals surface area contributed by atoms with Gasteiger partial charge in [-0.15, -0.1) is 10.2 Å². The van der Waals surface area contributed by atoms with Crippen LogP contribution in [0.3, 0.4) is 0 Å². The predicted octanol–water partition coefficient (Wildman–Crippen LogP) is 5.73. The second-order valence-electron chi connectivity index (χ2n) is 8.23. The molecule has 1 aromatic heterocycles. The number of hydrogen-bond acceptors (Lipinski definition) is 6. The van der Waals surface area contributed by atoms with Crippen LogP contribution in [0.2, 0.25) is 0 Å². The lowest BCUT2D eigenvalue weighted by molar-refractivity contribution is -0.113. The first-order chi connectivity index (χ1) is 17.6. The zero-order chi connectivity index (χ0) is 25.3. The molecule has 8 heteroatoms. The van der Waals surface area contributed by atoms with Crippen molar-refractivity contribution in [3.05, 3.63) is 90.3 Å². The van der Waals surface area contributed by atoms with E-state index in [0.717, 1.165) is 41.5 Å². The van der Waals surface area contributed by atoms with Gasteiger partial charge in [0, 0.05) is 30.2 Å². The van der Waals surface area contributed by atoms with Crippen LogP contribution in [0.4, 0.5) is 11.4 Å². The fourth-order valence-electron chi connectivity index (χ4n) is 3.78. The third-order valence-electron chi connectivity index (χ3n) is 5.72. The quantitative estimate of drug-likeness (QED) is 0.265. The van der Waals surface area contributed by atoms with E-state index in [9.17, 15) is 4.79 Å². The summed E-state index contributed by atoms with van der Waals surface area (Å²) in [6.07, 6.45) is 0. The highest BCUT2D eigenvalue weighted by molar-refractivity contribution is 7.99. The third-order valence-corrected chi connectivity index (χ3v) is 6.64. The number of rotatable bonds is 11. The standard InChI is InChI=1S/C28H31N5O2S/c1-4-32(5-2)23-17-13-22(14-18-23)29-27(34)20-36-28-31-30-26(19-35-25-9-7-6-8-10-25)33(28)24-15-11-21(3)12-16-24/h6-18H,4-5,19-20H2,1-3H3,(H,29,34). The SMILES string of the molecule is CCN(CC)c1ccc(NC(=O)CSc2nnc(COc3ccccc3)n2-c2ccc(C)cc2)cc1. The Balaban J connectivity index is 1.45. The molecule has 1 N–H and O–H groups in total. The number of nitrogens with zero attached hydrogens (tertiary/aromatic N) is 4. The molecule has 4 aromatic rings. The fourth-order valence-corrected chi connectivity index (χ4v) is 4.55. The summed E-state index contributed by atoms with van der Waals surface area (Å²) in [6.45, 7) is 8.45. The molecule has 3 aromatic carbocycles. The van der Waals surface area contributed by atoms with Crippen molar-refractivity contribution in [3.8, 4) is 11.4 Å². The van der Waals surface area contributed by atoms with Gasteiger partial charge in [-0.2, -0.15) is 0 Å². The molecule has 0 saturated heterocycles. The smallest absolute Gasteiger partial charge is 0.234 e. The zero-order valence-electron chi connectivity index (χ0n) is 20.8. The molecule has 0 aliphatic carbocycles.